The Balaban J connectivity index is 0.976. The van der Waals surface area contributed by atoms with E-state index in [1.54, 1.807) is 0 Å². The maximum absolute atomic E-state index is 13.1. The third kappa shape index (κ3) is 7.94. The number of nitrogens with one attached hydrogen (secondary N) is 1. The minimum Gasteiger partial charge on any atom is -0.392 e. The molecule has 8 rings (SSSR count). The SMILES string of the molecule is O=C(NCc1ccccc1-c1ccc([C@H]2O[C@@H](CN3CCC[C@H]3CN3CCCC3)C[C@@H](c3ccc(CO)cc3)O2)cc1)c1cnc2ccccc2n1. The highest BCUT2D eigenvalue weighted by atomic mass is 16.7. The summed E-state index contributed by atoms with van der Waals surface area (Å²) in [6, 6.07) is 32.8. The second-order valence-corrected chi connectivity index (χ2v) is 14.4. The van der Waals surface area contributed by atoms with Gasteiger partial charge in [0.25, 0.3) is 5.91 Å². The zero-order valence-corrected chi connectivity index (χ0v) is 29.6. The van der Waals surface area contributed by atoms with Crippen molar-refractivity contribution in [2.45, 2.75) is 69.8 Å². The molecular formula is C43H47N5O4. The number of hydrogen-bond donors (Lipinski definition) is 2. The summed E-state index contributed by atoms with van der Waals surface area (Å²) in [6.07, 6.45) is 6.82. The molecule has 0 radical (unpaired) electrons. The van der Waals surface area contributed by atoms with Gasteiger partial charge in [0.05, 0.1) is 36.0 Å². The first-order chi connectivity index (χ1) is 25.6. The average Bonchev–Trinajstić information content (AvgIpc) is 3.89. The molecule has 1 aromatic heterocycles. The first-order valence-electron chi connectivity index (χ1n) is 18.7. The van der Waals surface area contributed by atoms with Gasteiger partial charge < -0.3 is 24.8 Å². The Hall–Kier alpha value is -4.51. The standard InChI is InChI=1S/C43H47N5O4/c49-29-30-13-15-32(16-14-30)41-24-36(28-48-23-7-9-35(48)27-47-21-5-6-22-47)51-43(52-41)33-19-17-31(18-20-33)37-10-2-1-8-34(37)25-45-42(50)40-26-44-38-11-3-4-12-39(38)46-40/h1-4,8,10-20,26,35-36,41,43,49H,5-7,9,21-25,27-29H2,(H,45,50)/t35-,36+,41-,43-/m0/s1. The fraction of sp³-hybridized carbons (Fsp3) is 0.372. The van der Waals surface area contributed by atoms with Gasteiger partial charge >= 0.3 is 0 Å². The lowest BCUT2D eigenvalue weighted by Crippen LogP contribution is -2.45. The van der Waals surface area contributed by atoms with Gasteiger partial charge in [-0.05, 0) is 85.3 Å². The number of amides is 1. The van der Waals surface area contributed by atoms with E-state index in [4.69, 9.17) is 9.47 Å². The molecule has 3 fully saturated rings. The molecule has 0 aliphatic carbocycles. The molecule has 52 heavy (non-hydrogen) atoms. The third-order valence-electron chi connectivity index (χ3n) is 10.9. The van der Waals surface area contributed by atoms with E-state index < -0.39 is 6.29 Å². The van der Waals surface area contributed by atoms with E-state index in [2.05, 4.69) is 67.5 Å². The van der Waals surface area contributed by atoms with Crippen LogP contribution in [-0.2, 0) is 22.6 Å². The van der Waals surface area contributed by atoms with Crippen molar-refractivity contribution in [3.8, 4) is 11.1 Å². The largest absolute Gasteiger partial charge is 0.392 e. The zero-order valence-electron chi connectivity index (χ0n) is 29.6. The van der Waals surface area contributed by atoms with E-state index in [1.165, 1.54) is 45.0 Å². The number of aliphatic hydroxyl groups excluding tert-OH is 1. The summed E-state index contributed by atoms with van der Waals surface area (Å²) in [7, 11) is 0. The molecule has 0 spiro atoms. The van der Waals surface area contributed by atoms with Gasteiger partial charge in [0, 0.05) is 37.7 Å². The number of likely N-dealkylation sites (tertiary alicyclic amines) is 2. The summed E-state index contributed by atoms with van der Waals surface area (Å²) in [6.45, 7) is 5.99. The van der Waals surface area contributed by atoms with E-state index in [0.29, 0.717) is 23.8 Å². The van der Waals surface area contributed by atoms with Gasteiger partial charge in [-0.3, -0.25) is 14.7 Å². The minimum absolute atomic E-state index is 0.0223. The van der Waals surface area contributed by atoms with Crippen molar-refractivity contribution in [1.29, 1.82) is 0 Å². The molecule has 1 amide bonds. The number of ether oxygens (including phenoxy) is 2. The molecule has 3 saturated heterocycles. The second-order valence-electron chi connectivity index (χ2n) is 14.4. The van der Waals surface area contributed by atoms with Gasteiger partial charge in [0.15, 0.2) is 6.29 Å². The number of rotatable bonds is 11. The summed E-state index contributed by atoms with van der Waals surface area (Å²) in [4.78, 5) is 27.2. The molecule has 0 unspecified atom stereocenters. The number of nitrogens with zero attached hydrogens (tertiary/aromatic N) is 4. The molecule has 2 N–H and O–H groups in total. The first-order valence-corrected chi connectivity index (χ1v) is 18.7. The van der Waals surface area contributed by atoms with Crippen molar-refractivity contribution in [1.82, 2.24) is 25.1 Å². The van der Waals surface area contributed by atoms with Gasteiger partial charge in [-0.2, -0.15) is 0 Å². The van der Waals surface area contributed by atoms with E-state index >= 15 is 0 Å². The van der Waals surface area contributed by atoms with Gasteiger partial charge in [-0.1, -0.05) is 84.9 Å². The molecular weight excluding hydrogens is 651 g/mol. The summed E-state index contributed by atoms with van der Waals surface area (Å²) < 4.78 is 13.5. The lowest BCUT2D eigenvalue weighted by atomic mass is 9.97. The molecule has 4 atom stereocenters. The van der Waals surface area contributed by atoms with E-state index in [9.17, 15) is 9.90 Å². The Bertz CT molecular complexity index is 1960. The summed E-state index contributed by atoms with van der Waals surface area (Å²) in [5.74, 6) is -0.263. The fourth-order valence-corrected chi connectivity index (χ4v) is 8.01. The minimum atomic E-state index is -0.507. The number of fused-ring (bicyclic) bond motifs is 1. The highest BCUT2D eigenvalue weighted by molar-refractivity contribution is 5.93. The number of aliphatic hydroxyl groups is 1. The molecule has 4 heterocycles. The topological polar surface area (TPSA) is 100 Å². The Kier molecular flexibility index (Phi) is 10.7. The Morgan fingerprint density at radius 3 is 2.37 bits per heavy atom. The molecule has 3 aliphatic rings. The molecule has 0 bridgehead atoms. The molecule has 5 aromatic rings. The van der Waals surface area contributed by atoms with E-state index in [0.717, 1.165) is 65.0 Å². The second kappa shape index (κ2) is 16.0. The van der Waals surface area contributed by atoms with Crippen LogP contribution in [0.4, 0.5) is 0 Å². The Morgan fingerprint density at radius 2 is 1.56 bits per heavy atom. The summed E-state index contributed by atoms with van der Waals surface area (Å²) in [5.41, 5.74) is 7.80. The first kappa shape index (κ1) is 34.6. The lowest BCUT2D eigenvalue weighted by molar-refractivity contribution is -0.253. The highest BCUT2D eigenvalue weighted by Crippen LogP contribution is 2.39. The van der Waals surface area contributed by atoms with Gasteiger partial charge in [0.1, 0.15) is 5.69 Å². The number of para-hydroxylation sites is 2. The van der Waals surface area contributed by atoms with Crippen LogP contribution in [0.15, 0.2) is 103 Å². The summed E-state index contributed by atoms with van der Waals surface area (Å²) in [5, 5.41) is 12.7. The van der Waals surface area contributed by atoms with Crippen LogP contribution in [0.5, 0.6) is 0 Å². The summed E-state index contributed by atoms with van der Waals surface area (Å²) >= 11 is 0. The molecule has 9 nitrogen and oxygen atoms in total. The lowest BCUT2D eigenvalue weighted by Gasteiger charge is -2.39. The van der Waals surface area contributed by atoms with Crippen LogP contribution in [-0.4, -0.2) is 75.7 Å². The predicted molar refractivity (Wildman–Crippen MR) is 201 cm³/mol. The van der Waals surface area contributed by atoms with Crippen LogP contribution in [0.25, 0.3) is 22.2 Å². The number of carbonyl (C=O) groups excluding carboxylic acids is 1. The van der Waals surface area contributed by atoms with Crippen LogP contribution < -0.4 is 5.32 Å². The smallest absolute Gasteiger partial charge is 0.271 e. The fourth-order valence-electron chi connectivity index (χ4n) is 8.01. The molecule has 268 valence electrons. The normalized spacial score (nSPS) is 22.6. The predicted octanol–water partition coefficient (Wildman–Crippen LogP) is 6.82. The van der Waals surface area contributed by atoms with Crippen LogP contribution in [0.2, 0.25) is 0 Å². The molecule has 4 aromatic carbocycles. The van der Waals surface area contributed by atoms with Crippen LogP contribution in [0.3, 0.4) is 0 Å². The third-order valence-corrected chi connectivity index (χ3v) is 10.9. The average molecular weight is 698 g/mol. The van der Waals surface area contributed by atoms with Crippen LogP contribution in [0.1, 0.15) is 77.2 Å². The Morgan fingerprint density at radius 1 is 0.808 bits per heavy atom. The van der Waals surface area contributed by atoms with Crippen molar-refractivity contribution in [2.75, 3.05) is 32.7 Å². The van der Waals surface area contributed by atoms with Gasteiger partial charge in [0.2, 0.25) is 0 Å². The zero-order chi connectivity index (χ0) is 35.3. The van der Waals surface area contributed by atoms with E-state index in [-0.39, 0.29) is 24.7 Å². The maximum atomic E-state index is 13.1. The van der Waals surface area contributed by atoms with Crippen LogP contribution in [0, 0.1) is 0 Å². The van der Waals surface area contributed by atoms with Gasteiger partial charge in [-0.15, -0.1) is 0 Å². The maximum Gasteiger partial charge on any atom is 0.271 e. The molecule has 3 aliphatic heterocycles. The van der Waals surface area contributed by atoms with Gasteiger partial charge in [-0.25, -0.2) is 4.98 Å². The number of aromatic nitrogens is 2. The van der Waals surface area contributed by atoms with Crippen molar-refractivity contribution < 1.29 is 19.4 Å². The van der Waals surface area contributed by atoms with Crippen molar-refractivity contribution in [3.05, 3.63) is 131 Å². The van der Waals surface area contributed by atoms with Crippen molar-refractivity contribution in [2.24, 2.45) is 0 Å². The monoisotopic (exact) mass is 697 g/mol. The molecule has 9 heteroatoms. The number of benzene rings is 4. The molecule has 0 saturated carbocycles. The Labute approximate surface area is 305 Å². The quantitative estimate of drug-likeness (QED) is 0.155. The van der Waals surface area contributed by atoms with E-state index in [1.807, 2.05) is 54.6 Å². The van der Waals surface area contributed by atoms with Crippen molar-refractivity contribution >= 4 is 16.9 Å². The number of carbonyl (C=O) groups is 1. The number of hydrogen-bond acceptors (Lipinski definition) is 8. The van der Waals surface area contributed by atoms with Crippen molar-refractivity contribution in [3.63, 3.8) is 0 Å². The van der Waals surface area contributed by atoms with Crippen LogP contribution >= 0.6 is 0 Å². The highest BCUT2D eigenvalue weighted by Gasteiger charge is 2.36.